The van der Waals surface area contributed by atoms with Crippen molar-refractivity contribution in [2.24, 2.45) is 0 Å². The van der Waals surface area contributed by atoms with Crippen LogP contribution in [0.3, 0.4) is 0 Å². The molecule has 1 saturated heterocycles. The Hall–Kier alpha value is 0.340. The van der Waals surface area contributed by atoms with E-state index in [4.69, 9.17) is 11.6 Å². The van der Waals surface area contributed by atoms with Gasteiger partial charge in [-0.2, -0.15) is 11.8 Å². The van der Waals surface area contributed by atoms with Crippen LogP contribution >= 0.6 is 23.4 Å². The van der Waals surface area contributed by atoms with Gasteiger partial charge in [0, 0.05) is 36.0 Å². The van der Waals surface area contributed by atoms with E-state index in [1.807, 2.05) is 0 Å². The minimum Gasteiger partial charge on any atom is -0.295 e. The number of hydrogen-bond donors (Lipinski definition) is 0. The molecule has 0 aromatic carbocycles. The molecule has 0 radical (unpaired) electrons. The van der Waals surface area contributed by atoms with Crippen LogP contribution in [0.5, 0.6) is 0 Å². The summed E-state index contributed by atoms with van der Waals surface area (Å²) in [4.78, 5) is 2.48. The molecule has 1 aliphatic rings. The highest BCUT2D eigenvalue weighted by Gasteiger charge is 2.24. The van der Waals surface area contributed by atoms with Crippen LogP contribution in [0, 0.1) is 0 Å². The number of halogens is 1. The van der Waals surface area contributed by atoms with Gasteiger partial charge in [0.05, 0.1) is 0 Å². The van der Waals surface area contributed by atoms with Crippen LogP contribution in [0.15, 0.2) is 12.2 Å². The Labute approximate surface area is 90.5 Å². The summed E-state index contributed by atoms with van der Waals surface area (Å²) in [5, 5.41) is 0.733. The van der Waals surface area contributed by atoms with E-state index in [0.717, 1.165) is 17.4 Å². The molecule has 2 atom stereocenters. The molecule has 0 saturated carbocycles. The lowest BCUT2D eigenvalue weighted by atomic mass is 10.2. The molecule has 2 unspecified atom stereocenters. The van der Waals surface area contributed by atoms with Gasteiger partial charge in [-0.1, -0.05) is 13.5 Å². The summed E-state index contributed by atoms with van der Waals surface area (Å²) >= 11 is 7.78. The molecule has 1 rings (SSSR count). The lowest BCUT2D eigenvalue weighted by Crippen LogP contribution is -2.45. The molecule has 3 heteroatoms. The van der Waals surface area contributed by atoms with Crippen molar-refractivity contribution in [1.29, 1.82) is 0 Å². The van der Waals surface area contributed by atoms with E-state index < -0.39 is 0 Å². The predicted octanol–water partition coefficient (Wildman–Crippen LogP) is 2.61. The van der Waals surface area contributed by atoms with Gasteiger partial charge >= 0.3 is 0 Å². The number of alkyl halides is 1. The van der Waals surface area contributed by atoms with E-state index in [0.29, 0.717) is 11.9 Å². The van der Waals surface area contributed by atoms with Crippen molar-refractivity contribution in [3.63, 3.8) is 0 Å². The average molecular weight is 220 g/mol. The first-order chi connectivity index (χ1) is 6.15. The molecule has 0 spiro atoms. The second-order valence-electron chi connectivity index (χ2n) is 3.67. The van der Waals surface area contributed by atoms with Crippen LogP contribution in [0.4, 0.5) is 0 Å². The van der Waals surface area contributed by atoms with Crippen LogP contribution in [0.1, 0.15) is 13.8 Å². The molecule has 1 fully saturated rings. The van der Waals surface area contributed by atoms with Gasteiger partial charge in [-0.05, 0) is 12.5 Å². The minimum absolute atomic E-state index is 0.588. The normalized spacial score (nSPS) is 30.4. The quantitative estimate of drug-likeness (QED) is 0.531. The topological polar surface area (TPSA) is 3.24 Å². The zero-order chi connectivity index (χ0) is 9.84. The van der Waals surface area contributed by atoms with Crippen molar-refractivity contribution in [2.75, 3.05) is 24.7 Å². The lowest BCUT2D eigenvalue weighted by Gasteiger charge is -2.37. The smallest absolute Gasteiger partial charge is 0.0443 e. The molecule has 1 heterocycles. The SMILES string of the molecule is C=C(CCl)CN1CCSC(C)C1C. The fourth-order valence-corrected chi connectivity index (χ4v) is 2.80. The molecular weight excluding hydrogens is 202 g/mol. The Balaban J connectivity index is 2.43. The van der Waals surface area contributed by atoms with E-state index in [-0.39, 0.29) is 0 Å². The van der Waals surface area contributed by atoms with E-state index >= 15 is 0 Å². The highest BCUT2D eigenvalue weighted by molar-refractivity contribution is 8.00. The molecule has 1 aliphatic heterocycles. The Morgan fingerprint density at radius 1 is 1.62 bits per heavy atom. The van der Waals surface area contributed by atoms with Gasteiger partial charge in [-0.25, -0.2) is 0 Å². The van der Waals surface area contributed by atoms with E-state index in [9.17, 15) is 0 Å². The molecule has 76 valence electrons. The number of rotatable bonds is 3. The first-order valence-electron chi connectivity index (χ1n) is 4.73. The van der Waals surface area contributed by atoms with Gasteiger partial charge < -0.3 is 0 Å². The maximum atomic E-state index is 5.72. The van der Waals surface area contributed by atoms with Gasteiger partial charge in [0.15, 0.2) is 0 Å². The van der Waals surface area contributed by atoms with Crippen molar-refractivity contribution < 1.29 is 0 Å². The summed E-state index contributed by atoms with van der Waals surface area (Å²) in [5.41, 5.74) is 1.13. The monoisotopic (exact) mass is 219 g/mol. The third-order valence-electron chi connectivity index (χ3n) is 2.63. The molecule has 0 amide bonds. The Kier molecular flexibility index (Phi) is 4.63. The van der Waals surface area contributed by atoms with Crippen molar-refractivity contribution in [3.05, 3.63) is 12.2 Å². The van der Waals surface area contributed by atoms with Gasteiger partial charge in [0.25, 0.3) is 0 Å². The third kappa shape index (κ3) is 3.19. The molecule has 0 aliphatic carbocycles. The van der Waals surface area contributed by atoms with E-state index in [1.165, 1.54) is 12.3 Å². The minimum atomic E-state index is 0.588. The standard InChI is InChI=1S/C10H18ClNS/c1-8(6-11)7-12-4-5-13-10(3)9(12)2/h9-10H,1,4-7H2,2-3H3. The van der Waals surface area contributed by atoms with Crippen LogP contribution in [-0.4, -0.2) is 40.9 Å². The Morgan fingerprint density at radius 2 is 2.31 bits per heavy atom. The second kappa shape index (κ2) is 5.28. The largest absolute Gasteiger partial charge is 0.295 e. The van der Waals surface area contributed by atoms with Crippen LogP contribution < -0.4 is 0 Å². The molecule has 0 N–H and O–H groups in total. The fourth-order valence-electron chi connectivity index (χ4n) is 1.55. The van der Waals surface area contributed by atoms with E-state index in [1.54, 1.807) is 0 Å². The Morgan fingerprint density at radius 3 is 2.92 bits per heavy atom. The van der Waals surface area contributed by atoms with Crippen LogP contribution in [-0.2, 0) is 0 Å². The van der Waals surface area contributed by atoms with Crippen LogP contribution in [0.25, 0.3) is 0 Å². The zero-order valence-corrected chi connectivity index (χ0v) is 10.00. The molecule has 0 aromatic heterocycles. The fraction of sp³-hybridized carbons (Fsp3) is 0.800. The highest BCUT2D eigenvalue weighted by atomic mass is 35.5. The van der Waals surface area contributed by atoms with Crippen molar-refractivity contribution >= 4 is 23.4 Å². The first kappa shape index (κ1) is 11.4. The average Bonchev–Trinajstić information content (AvgIpc) is 2.13. The molecule has 0 aromatic rings. The zero-order valence-electron chi connectivity index (χ0n) is 8.42. The summed E-state index contributed by atoms with van der Waals surface area (Å²) in [6.07, 6.45) is 0. The molecule has 1 nitrogen and oxygen atoms in total. The number of hydrogen-bond acceptors (Lipinski definition) is 2. The number of thioether (sulfide) groups is 1. The maximum Gasteiger partial charge on any atom is 0.0443 e. The summed E-state index contributed by atoms with van der Waals surface area (Å²) in [5.74, 6) is 1.83. The summed E-state index contributed by atoms with van der Waals surface area (Å²) in [6, 6.07) is 0.652. The predicted molar refractivity (Wildman–Crippen MR) is 62.8 cm³/mol. The second-order valence-corrected chi connectivity index (χ2v) is 5.42. The third-order valence-corrected chi connectivity index (χ3v) is 4.35. The van der Waals surface area contributed by atoms with Gasteiger partial charge in [-0.3, -0.25) is 4.90 Å². The van der Waals surface area contributed by atoms with Crippen LogP contribution in [0.2, 0.25) is 0 Å². The molecular formula is C10H18ClNS. The van der Waals surface area contributed by atoms with E-state index in [2.05, 4.69) is 37.1 Å². The lowest BCUT2D eigenvalue weighted by molar-refractivity contribution is 0.231. The van der Waals surface area contributed by atoms with Crippen molar-refractivity contribution in [1.82, 2.24) is 4.90 Å². The highest BCUT2D eigenvalue weighted by Crippen LogP contribution is 2.24. The summed E-state index contributed by atoms with van der Waals surface area (Å²) in [7, 11) is 0. The van der Waals surface area contributed by atoms with Crippen molar-refractivity contribution in [3.8, 4) is 0 Å². The van der Waals surface area contributed by atoms with Gasteiger partial charge in [0.2, 0.25) is 0 Å². The number of nitrogens with zero attached hydrogens (tertiary/aromatic N) is 1. The molecule has 13 heavy (non-hydrogen) atoms. The first-order valence-corrected chi connectivity index (χ1v) is 6.31. The van der Waals surface area contributed by atoms with Crippen molar-refractivity contribution in [2.45, 2.75) is 25.1 Å². The van der Waals surface area contributed by atoms with Gasteiger partial charge in [0.1, 0.15) is 0 Å². The maximum absolute atomic E-state index is 5.72. The molecule has 0 bridgehead atoms. The summed E-state index contributed by atoms with van der Waals surface area (Å²) in [6.45, 7) is 10.7. The van der Waals surface area contributed by atoms with Gasteiger partial charge in [-0.15, -0.1) is 11.6 Å². The summed E-state index contributed by atoms with van der Waals surface area (Å²) < 4.78 is 0. The Bertz CT molecular complexity index is 184.